The number of nitrogens with one attached hydrogen (secondary N) is 1. The number of nitrogen functional groups attached to an aromatic ring is 1. The Morgan fingerprint density at radius 1 is 1.38 bits per heavy atom. The van der Waals surface area contributed by atoms with Gasteiger partial charge in [-0.3, -0.25) is 0 Å². The Kier molecular flexibility index (Phi) is 5.89. The van der Waals surface area contributed by atoms with E-state index in [1.165, 1.54) is 0 Å². The minimum Gasteiger partial charge on any atom is -0.398 e. The molecule has 118 valence electrons. The predicted octanol–water partition coefficient (Wildman–Crippen LogP) is 1.50. The molecule has 0 aromatic heterocycles. The van der Waals surface area contributed by atoms with E-state index in [9.17, 15) is 12.8 Å². The number of thioether (sulfide) groups is 1. The number of sulfonamides is 1. The molecule has 1 fully saturated rings. The van der Waals surface area contributed by atoms with Crippen molar-refractivity contribution in [2.24, 2.45) is 0 Å². The molecular weight excluding hydrogens is 381 g/mol. The number of nitrogens with two attached hydrogens (primary N) is 1. The van der Waals surface area contributed by atoms with Crippen LogP contribution in [0.25, 0.3) is 0 Å². The van der Waals surface area contributed by atoms with E-state index in [0.29, 0.717) is 11.0 Å². The van der Waals surface area contributed by atoms with E-state index >= 15 is 0 Å². The van der Waals surface area contributed by atoms with Crippen molar-refractivity contribution in [2.75, 3.05) is 43.4 Å². The molecule has 1 aliphatic heterocycles. The van der Waals surface area contributed by atoms with Gasteiger partial charge in [-0.1, -0.05) is 0 Å². The van der Waals surface area contributed by atoms with E-state index in [2.05, 4.69) is 25.6 Å². The van der Waals surface area contributed by atoms with E-state index in [0.717, 1.165) is 36.7 Å². The highest BCUT2D eigenvalue weighted by Crippen LogP contribution is 2.25. The van der Waals surface area contributed by atoms with Crippen molar-refractivity contribution >= 4 is 43.4 Å². The molecule has 1 aromatic rings. The van der Waals surface area contributed by atoms with Gasteiger partial charge in [-0.05, 0) is 28.1 Å². The van der Waals surface area contributed by atoms with Crippen LogP contribution in [0.15, 0.2) is 21.5 Å². The molecule has 0 aliphatic carbocycles. The maximum Gasteiger partial charge on any atom is 0.243 e. The van der Waals surface area contributed by atoms with Gasteiger partial charge in [-0.15, -0.1) is 0 Å². The molecule has 0 amide bonds. The number of anilines is 1. The Bertz CT molecular complexity index is 607. The lowest BCUT2D eigenvalue weighted by Gasteiger charge is -2.26. The van der Waals surface area contributed by atoms with Gasteiger partial charge < -0.3 is 10.6 Å². The first-order chi connectivity index (χ1) is 9.90. The molecule has 1 heterocycles. The fourth-order valence-corrected chi connectivity index (χ4v) is 4.40. The van der Waals surface area contributed by atoms with E-state index in [1.54, 1.807) is 0 Å². The van der Waals surface area contributed by atoms with Crippen LogP contribution < -0.4 is 10.5 Å². The highest BCUT2D eigenvalue weighted by atomic mass is 79.9. The third kappa shape index (κ3) is 4.56. The lowest BCUT2D eigenvalue weighted by Crippen LogP contribution is -2.39. The van der Waals surface area contributed by atoms with E-state index in [-0.39, 0.29) is 12.2 Å². The number of rotatable bonds is 5. The van der Waals surface area contributed by atoms with Gasteiger partial charge in [-0.25, -0.2) is 17.5 Å². The third-order valence-electron chi connectivity index (χ3n) is 3.16. The highest BCUT2D eigenvalue weighted by molar-refractivity contribution is 9.10. The first-order valence-corrected chi connectivity index (χ1v) is 9.87. The summed E-state index contributed by atoms with van der Waals surface area (Å²) in [5.74, 6) is 1.30. The Morgan fingerprint density at radius 2 is 2.05 bits per heavy atom. The number of nitrogens with zero attached hydrogens (tertiary/aromatic N) is 1. The molecule has 0 atom stereocenters. The van der Waals surface area contributed by atoms with Crippen molar-refractivity contribution in [1.82, 2.24) is 9.62 Å². The van der Waals surface area contributed by atoms with Crippen LogP contribution in [-0.4, -0.2) is 51.0 Å². The molecule has 1 aromatic carbocycles. The minimum absolute atomic E-state index is 0.185. The standard InChI is InChI=1S/C12H17BrFN3O2S2/c13-9-7-10(14)12(8-11(9)15)21(18,19)16-1-2-17-3-5-20-6-4-17/h7-8,16H,1-6,15H2. The van der Waals surface area contributed by atoms with Crippen molar-refractivity contribution in [3.63, 3.8) is 0 Å². The fourth-order valence-electron chi connectivity index (χ4n) is 1.99. The Balaban J connectivity index is 1.99. The summed E-state index contributed by atoms with van der Waals surface area (Å²) in [5, 5.41) is 0. The highest BCUT2D eigenvalue weighted by Gasteiger charge is 2.21. The van der Waals surface area contributed by atoms with Crippen LogP contribution in [0.3, 0.4) is 0 Å². The van der Waals surface area contributed by atoms with Crippen molar-refractivity contribution in [2.45, 2.75) is 4.90 Å². The quantitative estimate of drug-likeness (QED) is 0.736. The molecule has 2 rings (SSSR count). The van der Waals surface area contributed by atoms with E-state index in [1.807, 2.05) is 11.8 Å². The molecular formula is C12H17BrFN3O2S2. The second-order valence-corrected chi connectivity index (χ2v) is 8.47. The van der Waals surface area contributed by atoms with Gasteiger partial charge in [0.1, 0.15) is 10.7 Å². The summed E-state index contributed by atoms with van der Waals surface area (Å²) < 4.78 is 40.8. The summed E-state index contributed by atoms with van der Waals surface area (Å²) in [7, 11) is -3.89. The molecule has 21 heavy (non-hydrogen) atoms. The first-order valence-electron chi connectivity index (χ1n) is 6.44. The van der Waals surface area contributed by atoms with Crippen molar-refractivity contribution in [3.8, 4) is 0 Å². The Hall–Kier alpha value is -0.350. The van der Waals surface area contributed by atoms with Gasteiger partial charge in [0, 0.05) is 47.8 Å². The first kappa shape index (κ1) is 17.0. The molecule has 3 N–H and O–H groups in total. The van der Waals surface area contributed by atoms with Crippen LogP contribution >= 0.6 is 27.7 Å². The Labute approximate surface area is 136 Å². The average molecular weight is 398 g/mol. The summed E-state index contributed by atoms with van der Waals surface area (Å²) in [4.78, 5) is 1.77. The SMILES string of the molecule is Nc1cc(S(=O)(=O)NCCN2CCSCC2)c(F)cc1Br. The molecule has 1 aliphatic rings. The minimum atomic E-state index is -3.89. The van der Waals surface area contributed by atoms with Crippen LogP contribution in [0.1, 0.15) is 0 Å². The molecule has 9 heteroatoms. The molecule has 1 saturated heterocycles. The van der Waals surface area contributed by atoms with Crippen molar-refractivity contribution in [1.29, 1.82) is 0 Å². The monoisotopic (exact) mass is 397 g/mol. The second-order valence-electron chi connectivity index (χ2n) is 4.66. The zero-order valence-corrected chi connectivity index (χ0v) is 14.5. The summed E-state index contributed by atoms with van der Waals surface area (Å²) >= 11 is 4.95. The van der Waals surface area contributed by atoms with Gasteiger partial charge in [0.15, 0.2) is 0 Å². The smallest absolute Gasteiger partial charge is 0.243 e. The molecule has 0 spiro atoms. The fraction of sp³-hybridized carbons (Fsp3) is 0.500. The van der Waals surface area contributed by atoms with Crippen LogP contribution in [0, 0.1) is 5.82 Å². The van der Waals surface area contributed by atoms with Crippen LogP contribution in [0.4, 0.5) is 10.1 Å². The maximum absolute atomic E-state index is 13.8. The lowest BCUT2D eigenvalue weighted by molar-refractivity contribution is 0.307. The van der Waals surface area contributed by atoms with Gasteiger partial charge >= 0.3 is 0 Å². The molecule has 5 nitrogen and oxygen atoms in total. The molecule has 0 bridgehead atoms. The number of hydrogen-bond acceptors (Lipinski definition) is 5. The normalized spacial score (nSPS) is 17.0. The maximum atomic E-state index is 13.8. The zero-order chi connectivity index (χ0) is 15.5. The average Bonchev–Trinajstić information content (AvgIpc) is 2.43. The predicted molar refractivity (Wildman–Crippen MR) is 87.5 cm³/mol. The lowest BCUT2D eigenvalue weighted by atomic mass is 10.3. The van der Waals surface area contributed by atoms with Gasteiger partial charge in [-0.2, -0.15) is 11.8 Å². The zero-order valence-electron chi connectivity index (χ0n) is 11.3. The number of benzene rings is 1. The summed E-state index contributed by atoms with van der Waals surface area (Å²) in [5.41, 5.74) is 5.80. The second kappa shape index (κ2) is 7.28. The van der Waals surface area contributed by atoms with Crippen molar-refractivity contribution < 1.29 is 12.8 Å². The van der Waals surface area contributed by atoms with Gasteiger partial charge in [0.05, 0.1) is 0 Å². The summed E-state index contributed by atoms with van der Waals surface area (Å²) in [6, 6.07) is 2.19. The Morgan fingerprint density at radius 3 is 2.71 bits per heavy atom. The molecule has 0 saturated carbocycles. The molecule has 0 radical (unpaired) electrons. The largest absolute Gasteiger partial charge is 0.398 e. The number of hydrogen-bond donors (Lipinski definition) is 2. The summed E-state index contributed by atoms with van der Waals surface area (Å²) in [6.07, 6.45) is 0. The van der Waals surface area contributed by atoms with Gasteiger partial charge in [0.2, 0.25) is 10.0 Å². The van der Waals surface area contributed by atoms with E-state index < -0.39 is 20.7 Å². The van der Waals surface area contributed by atoms with Crippen LogP contribution in [0.2, 0.25) is 0 Å². The van der Waals surface area contributed by atoms with Crippen LogP contribution in [0.5, 0.6) is 0 Å². The van der Waals surface area contributed by atoms with Crippen molar-refractivity contribution in [3.05, 3.63) is 22.4 Å². The summed E-state index contributed by atoms with van der Waals surface area (Å²) in [6.45, 7) is 2.77. The number of halogens is 2. The van der Waals surface area contributed by atoms with E-state index in [4.69, 9.17) is 5.73 Å². The molecule has 0 unspecified atom stereocenters. The third-order valence-corrected chi connectivity index (χ3v) is 6.27. The van der Waals surface area contributed by atoms with Gasteiger partial charge in [0.25, 0.3) is 0 Å². The topological polar surface area (TPSA) is 75.4 Å². The van der Waals surface area contributed by atoms with Crippen LogP contribution in [-0.2, 0) is 10.0 Å².